The summed E-state index contributed by atoms with van der Waals surface area (Å²) in [5.74, 6) is 2.44. The van der Waals surface area contributed by atoms with E-state index in [9.17, 15) is 8.42 Å². The quantitative estimate of drug-likeness (QED) is 0.625. The zero-order chi connectivity index (χ0) is 13.9. The van der Waals surface area contributed by atoms with E-state index in [4.69, 9.17) is 6.42 Å². The van der Waals surface area contributed by atoms with Gasteiger partial charge >= 0.3 is 0 Å². The first-order valence-electron chi connectivity index (χ1n) is 6.24. The highest BCUT2D eigenvalue weighted by atomic mass is 32.2. The molecule has 0 aromatic heterocycles. The lowest BCUT2D eigenvalue weighted by Crippen LogP contribution is -2.38. The Bertz CT molecular complexity index is 609. The minimum atomic E-state index is -3.52. The van der Waals surface area contributed by atoms with Gasteiger partial charge in [0.15, 0.2) is 0 Å². The molecule has 1 aromatic rings. The third-order valence-corrected chi connectivity index (χ3v) is 5.12. The lowest BCUT2D eigenvalue weighted by atomic mass is 10.2. The molecule has 2 rings (SSSR count). The Morgan fingerprint density at radius 3 is 2.58 bits per heavy atom. The molecule has 4 heteroatoms. The van der Waals surface area contributed by atoms with Crippen LogP contribution in [0, 0.1) is 19.3 Å². The van der Waals surface area contributed by atoms with E-state index in [1.165, 1.54) is 4.31 Å². The number of terminal acetylenes is 1. The van der Waals surface area contributed by atoms with Crippen LogP contribution in [-0.4, -0.2) is 25.3 Å². The highest BCUT2D eigenvalue weighted by Crippen LogP contribution is 2.24. The van der Waals surface area contributed by atoms with Gasteiger partial charge in [0.1, 0.15) is 0 Å². The number of hydrogen-bond acceptors (Lipinski definition) is 2. The maximum Gasteiger partial charge on any atom is 0.244 e. The van der Waals surface area contributed by atoms with Gasteiger partial charge in [0, 0.05) is 6.04 Å². The Labute approximate surface area is 115 Å². The van der Waals surface area contributed by atoms with E-state index in [-0.39, 0.29) is 12.6 Å². The van der Waals surface area contributed by atoms with Crippen molar-refractivity contribution in [3.63, 3.8) is 0 Å². The van der Waals surface area contributed by atoms with Crippen LogP contribution in [0.5, 0.6) is 0 Å². The summed E-state index contributed by atoms with van der Waals surface area (Å²) in [5, 5.41) is 0. The molecule has 1 atom stereocenters. The van der Waals surface area contributed by atoms with Gasteiger partial charge in [0.05, 0.1) is 11.4 Å². The number of aryl methyl sites for hydroxylation is 1. The van der Waals surface area contributed by atoms with Crippen LogP contribution in [-0.2, 0) is 10.0 Å². The summed E-state index contributed by atoms with van der Waals surface area (Å²) in [6.07, 6.45) is 10.9. The second-order valence-electron chi connectivity index (χ2n) is 4.64. The summed E-state index contributed by atoms with van der Waals surface area (Å²) < 4.78 is 26.6. The van der Waals surface area contributed by atoms with Crippen molar-refractivity contribution < 1.29 is 8.42 Å². The zero-order valence-electron chi connectivity index (χ0n) is 10.9. The van der Waals surface area contributed by atoms with Gasteiger partial charge in [-0.05, 0) is 31.9 Å². The van der Waals surface area contributed by atoms with Crippen molar-refractivity contribution in [1.82, 2.24) is 4.31 Å². The van der Waals surface area contributed by atoms with Crippen molar-refractivity contribution in [1.29, 1.82) is 0 Å². The first-order chi connectivity index (χ1) is 9.05. The first kappa shape index (κ1) is 13.9. The van der Waals surface area contributed by atoms with Crippen LogP contribution < -0.4 is 0 Å². The van der Waals surface area contributed by atoms with Crippen LogP contribution >= 0.6 is 0 Å². The Kier molecular flexibility index (Phi) is 4.08. The van der Waals surface area contributed by atoms with Crippen LogP contribution in [0.1, 0.15) is 18.4 Å². The molecule has 0 bridgehead atoms. The molecule has 0 aliphatic heterocycles. The van der Waals surface area contributed by atoms with Gasteiger partial charge in [-0.2, -0.15) is 4.31 Å². The fourth-order valence-corrected chi connectivity index (χ4v) is 3.70. The van der Waals surface area contributed by atoms with Gasteiger partial charge in [-0.3, -0.25) is 0 Å². The summed E-state index contributed by atoms with van der Waals surface area (Å²) in [7, 11) is -3.52. The lowest BCUT2D eigenvalue weighted by molar-refractivity contribution is 0.390. The Hall–Kier alpha value is -1.57. The summed E-state index contributed by atoms with van der Waals surface area (Å²) in [6.45, 7) is 2.03. The second-order valence-corrected chi connectivity index (χ2v) is 6.53. The van der Waals surface area contributed by atoms with E-state index in [0.29, 0.717) is 4.90 Å². The van der Waals surface area contributed by atoms with E-state index >= 15 is 0 Å². The zero-order valence-corrected chi connectivity index (χ0v) is 11.7. The average molecular weight is 275 g/mol. The molecule has 0 spiro atoms. The third-order valence-electron chi connectivity index (χ3n) is 3.23. The highest BCUT2D eigenvalue weighted by Gasteiger charge is 2.30. The van der Waals surface area contributed by atoms with Gasteiger partial charge < -0.3 is 0 Å². The van der Waals surface area contributed by atoms with Crippen molar-refractivity contribution in [2.45, 2.75) is 30.7 Å². The van der Waals surface area contributed by atoms with E-state index in [1.54, 1.807) is 24.3 Å². The molecule has 0 N–H and O–H groups in total. The normalized spacial score (nSPS) is 18.7. The number of sulfonamides is 1. The van der Waals surface area contributed by atoms with E-state index in [0.717, 1.165) is 18.4 Å². The lowest BCUT2D eigenvalue weighted by Gasteiger charge is -2.25. The minimum Gasteiger partial charge on any atom is -0.207 e. The summed E-state index contributed by atoms with van der Waals surface area (Å²) in [5.41, 5.74) is 1.03. The molecule has 100 valence electrons. The highest BCUT2D eigenvalue weighted by molar-refractivity contribution is 7.89. The summed E-state index contributed by atoms with van der Waals surface area (Å²) in [4.78, 5) is 0.300. The molecule has 3 nitrogen and oxygen atoms in total. The summed E-state index contributed by atoms with van der Waals surface area (Å²) in [6, 6.07) is 6.73. The first-order valence-corrected chi connectivity index (χ1v) is 7.68. The van der Waals surface area contributed by atoms with Crippen LogP contribution in [0.25, 0.3) is 0 Å². The minimum absolute atomic E-state index is 0.102. The molecule has 0 saturated carbocycles. The van der Waals surface area contributed by atoms with Gasteiger partial charge in [-0.25, -0.2) is 8.42 Å². The molecule has 0 amide bonds. The molecule has 0 radical (unpaired) electrons. The standard InChI is InChI=1S/C15H17NO2S/c1-3-12-16(14-6-4-5-7-14)19(17,18)15-10-8-13(2)9-11-15/h1,4,6,8-11,14H,5,7,12H2,2H3/t14-/m0/s1. The third kappa shape index (κ3) is 2.89. The molecule has 0 saturated heterocycles. The fraction of sp³-hybridized carbons (Fsp3) is 0.333. The van der Waals surface area contributed by atoms with Crippen molar-refractivity contribution >= 4 is 10.0 Å². The Balaban J connectivity index is 2.37. The van der Waals surface area contributed by atoms with Crippen LogP contribution in [0.3, 0.4) is 0 Å². The number of allylic oxidation sites excluding steroid dienone is 1. The molecule has 19 heavy (non-hydrogen) atoms. The molecular formula is C15H17NO2S. The SMILES string of the molecule is C#CCN([C@H]1C=CCC1)S(=O)(=O)c1ccc(C)cc1. The van der Waals surface area contributed by atoms with Gasteiger partial charge in [0.2, 0.25) is 10.0 Å². The monoisotopic (exact) mass is 275 g/mol. The topological polar surface area (TPSA) is 37.4 Å². The predicted octanol–water partition coefficient (Wildman–Crippen LogP) is 2.34. The molecule has 1 aromatic carbocycles. The second kappa shape index (κ2) is 5.60. The van der Waals surface area contributed by atoms with Gasteiger partial charge in [-0.1, -0.05) is 35.8 Å². The molecular weight excluding hydrogens is 258 g/mol. The summed E-state index contributed by atoms with van der Waals surface area (Å²) >= 11 is 0. The number of benzene rings is 1. The van der Waals surface area contributed by atoms with E-state index < -0.39 is 10.0 Å². The molecule has 1 aliphatic carbocycles. The maximum atomic E-state index is 12.6. The van der Waals surface area contributed by atoms with Crippen molar-refractivity contribution in [3.05, 3.63) is 42.0 Å². The van der Waals surface area contributed by atoms with Crippen LogP contribution in [0.15, 0.2) is 41.3 Å². The molecule has 0 heterocycles. The Morgan fingerprint density at radius 2 is 2.05 bits per heavy atom. The predicted molar refractivity (Wildman–Crippen MR) is 76.1 cm³/mol. The molecule has 0 fully saturated rings. The van der Waals surface area contributed by atoms with Gasteiger partial charge in [-0.15, -0.1) is 6.42 Å². The number of hydrogen-bond donors (Lipinski definition) is 0. The van der Waals surface area contributed by atoms with E-state index in [2.05, 4.69) is 5.92 Å². The smallest absolute Gasteiger partial charge is 0.207 e. The van der Waals surface area contributed by atoms with Crippen molar-refractivity contribution in [3.8, 4) is 12.3 Å². The van der Waals surface area contributed by atoms with Crippen molar-refractivity contribution in [2.75, 3.05) is 6.54 Å². The molecule has 1 aliphatic rings. The number of nitrogens with zero attached hydrogens (tertiary/aromatic N) is 1. The van der Waals surface area contributed by atoms with Crippen molar-refractivity contribution in [2.24, 2.45) is 0 Å². The van der Waals surface area contributed by atoms with E-state index in [1.807, 2.05) is 19.1 Å². The van der Waals surface area contributed by atoms with Crippen LogP contribution in [0.4, 0.5) is 0 Å². The average Bonchev–Trinajstić information content (AvgIpc) is 2.89. The van der Waals surface area contributed by atoms with Gasteiger partial charge in [0.25, 0.3) is 0 Å². The number of rotatable bonds is 4. The largest absolute Gasteiger partial charge is 0.244 e. The molecule has 0 unspecified atom stereocenters. The Morgan fingerprint density at radius 1 is 1.37 bits per heavy atom. The van der Waals surface area contributed by atoms with Crippen LogP contribution in [0.2, 0.25) is 0 Å². The maximum absolute atomic E-state index is 12.6. The fourth-order valence-electron chi connectivity index (χ4n) is 2.17.